The van der Waals surface area contributed by atoms with Gasteiger partial charge < -0.3 is 20.3 Å². The molecule has 0 aliphatic carbocycles. The van der Waals surface area contributed by atoms with E-state index in [0.29, 0.717) is 19.6 Å². The lowest BCUT2D eigenvalue weighted by Gasteiger charge is -2.13. The Balaban J connectivity index is 1.81. The molecule has 2 aromatic carbocycles. The molecule has 0 atom stereocenters. The van der Waals surface area contributed by atoms with Crippen molar-refractivity contribution in [3.8, 4) is 5.75 Å². The van der Waals surface area contributed by atoms with Crippen LogP contribution in [0.4, 0.5) is 17.1 Å². The molecule has 5 nitrogen and oxygen atoms in total. The van der Waals surface area contributed by atoms with Crippen molar-refractivity contribution in [3.63, 3.8) is 0 Å². The van der Waals surface area contributed by atoms with Crippen LogP contribution < -0.4 is 20.3 Å². The van der Waals surface area contributed by atoms with Gasteiger partial charge in [-0.1, -0.05) is 12.1 Å². The van der Waals surface area contributed by atoms with E-state index < -0.39 is 0 Å². The minimum absolute atomic E-state index is 0.0194. The van der Waals surface area contributed by atoms with E-state index in [-0.39, 0.29) is 5.91 Å². The molecule has 2 rings (SSSR count). The minimum Gasteiger partial charge on any atom is -0.492 e. The van der Waals surface area contributed by atoms with Crippen molar-refractivity contribution >= 4 is 23.0 Å². The van der Waals surface area contributed by atoms with Crippen LogP contribution in [-0.2, 0) is 4.79 Å². The van der Waals surface area contributed by atoms with E-state index in [1.54, 1.807) is 0 Å². The molecule has 0 aromatic heterocycles. The van der Waals surface area contributed by atoms with E-state index in [2.05, 4.69) is 10.6 Å². The van der Waals surface area contributed by atoms with Gasteiger partial charge in [0.2, 0.25) is 5.91 Å². The molecular weight excluding hydrogens is 302 g/mol. The molecule has 0 bridgehead atoms. The van der Waals surface area contributed by atoms with Crippen LogP contribution in [0.15, 0.2) is 48.5 Å². The molecule has 2 N–H and O–H groups in total. The third kappa shape index (κ3) is 5.19. The van der Waals surface area contributed by atoms with Gasteiger partial charge in [-0.15, -0.1) is 0 Å². The zero-order valence-corrected chi connectivity index (χ0v) is 14.5. The summed E-state index contributed by atoms with van der Waals surface area (Å²) in [5.41, 5.74) is 2.81. The standard InChI is InChI=1S/C19H25N3O2/c1-4-24-18-8-6-5-7-17(18)20-14-13-19(23)21-15-9-11-16(12-10-15)22(2)3/h5-12,20H,4,13-14H2,1-3H3,(H,21,23). The molecule has 0 spiro atoms. The van der Waals surface area contributed by atoms with E-state index in [9.17, 15) is 4.79 Å². The number of hydrogen-bond donors (Lipinski definition) is 2. The number of anilines is 3. The van der Waals surface area contributed by atoms with Crippen LogP contribution in [0.3, 0.4) is 0 Å². The van der Waals surface area contributed by atoms with Crippen molar-refractivity contribution in [2.24, 2.45) is 0 Å². The molecule has 24 heavy (non-hydrogen) atoms. The number of ether oxygens (including phenoxy) is 1. The first-order valence-corrected chi connectivity index (χ1v) is 8.13. The van der Waals surface area contributed by atoms with Crippen LogP contribution in [0.1, 0.15) is 13.3 Å². The molecule has 0 unspecified atom stereocenters. The average Bonchev–Trinajstić information content (AvgIpc) is 2.57. The highest BCUT2D eigenvalue weighted by Gasteiger charge is 2.05. The summed E-state index contributed by atoms with van der Waals surface area (Å²) < 4.78 is 5.55. The minimum atomic E-state index is -0.0194. The van der Waals surface area contributed by atoms with Crippen molar-refractivity contribution in [3.05, 3.63) is 48.5 Å². The maximum absolute atomic E-state index is 12.0. The van der Waals surface area contributed by atoms with Crippen molar-refractivity contribution in [1.29, 1.82) is 0 Å². The SMILES string of the molecule is CCOc1ccccc1NCCC(=O)Nc1ccc(N(C)C)cc1. The van der Waals surface area contributed by atoms with Gasteiger partial charge in [-0.2, -0.15) is 0 Å². The lowest BCUT2D eigenvalue weighted by Crippen LogP contribution is -2.16. The molecule has 2 aromatic rings. The lowest BCUT2D eigenvalue weighted by molar-refractivity contribution is -0.115. The Morgan fingerprint density at radius 2 is 1.79 bits per heavy atom. The second-order valence-corrected chi connectivity index (χ2v) is 5.60. The van der Waals surface area contributed by atoms with Crippen molar-refractivity contribution in [1.82, 2.24) is 0 Å². The maximum atomic E-state index is 12.0. The maximum Gasteiger partial charge on any atom is 0.226 e. The Kier molecular flexibility index (Phi) is 6.49. The predicted molar refractivity (Wildman–Crippen MR) is 100 cm³/mol. The zero-order valence-electron chi connectivity index (χ0n) is 14.5. The summed E-state index contributed by atoms with van der Waals surface area (Å²) >= 11 is 0. The number of benzene rings is 2. The van der Waals surface area contributed by atoms with Gasteiger partial charge in [0, 0.05) is 38.4 Å². The van der Waals surface area contributed by atoms with Gasteiger partial charge in [0.15, 0.2) is 0 Å². The molecule has 0 aliphatic rings. The Morgan fingerprint density at radius 3 is 2.46 bits per heavy atom. The van der Waals surface area contributed by atoms with Crippen LogP contribution in [0, 0.1) is 0 Å². The van der Waals surface area contributed by atoms with E-state index in [1.165, 1.54) is 0 Å². The van der Waals surface area contributed by atoms with Crippen LogP contribution in [0.25, 0.3) is 0 Å². The Bertz CT molecular complexity index is 654. The smallest absolute Gasteiger partial charge is 0.226 e. The fraction of sp³-hybridized carbons (Fsp3) is 0.316. The van der Waals surface area contributed by atoms with Gasteiger partial charge in [-0.05, 0) is 43.3 Å². The summed E-state index contributed by atoms with van der Waals surface area (Å²) in [6, 6.07) is 15.5. The number of carbonyl (C=O) groups excluding carboxylic acids is 1. The average molecular weight is 327 g/mol. The van der Waals surface area contributed by atoms with Gasteiger partial charge >= 0.3 is 0 Å². The first-order chi connectivity index (χ1) is 11.6. The van der Waals surface area contributed by atoms with Crippen LogP contribution >= 0.6 is 0 Å². The van der Waals surface area contributed by atoms with Crippen molar-refractivity contribution < 1.29 is 9.53 Å². The van der Waals surface area contributed by atoms with E-state index in [4.69, 9.17) is 4.74 Å². The Labute approximate surface area is 143 Å². The fourth-order valence-corrected chi connectivity index (χ4v) is 2.27. The largest absolute Gasteiger partial charge is 0.492 e. The number of carbonyl (C=O) groups is 1. The third-order valence-corrected chi connectivity index (χ3v) is 3.52. The summed E-state index contributed by atoms with van der Waals surface area (Å²) in [5.74, 6) is 0.786. The summed E-state index contributed by atoms with van der Waals surface area (Å²) in [4.78, 5) is 14.1. The van der Waals surface area contributed by atoms with E-state index in [1.807, 2.05) is 74.4 Å². The van der Waals surface area contributed by atoms with Gasteiger partial charge in [-0.3, -0.25) is 4.79 Å². The molecule has 0 saturated heterocycles. The Morgan fingerprint density at radius 1 is 1.08 bits per heavy atom. The topological polar surface area (TPSA) is 53.6 Å². The number of nitrogens with one attached hydrogen (secondary N) is 2. The number of rotatable bonds is 8. The summed E-state index contributed by atoms with van der Waals surface area (Å²) in [6.07, 6.45) is 0.385. The molecule has 0 radical (unpaired) electrons. The number of nitrogens with zero attached hydrogens (tertiary/aromatic N) is 1. The molecule has 0 heterocycles. The highest BCUT2D eigenvalue weighted by atomic mass is 16.5. The van der Waals surface area contributed by atoms with Gasteiger partial charge in [0.25, 0.3) is 0 Å². The Hall–Kier alpha value is -2.69. The summed E-state index contributed by atoms with van der Waals surface area (Å²) in [7, 11) is 3.97. The second kappa shape index (κ2) is 8.82. The second-order valence-electron chi connectivity index (χ2n) is 5.60. The molecule has 128 valence electrons. The third-order valence-electron chi connectivity index (χ3n) is 3.52. The molecule has 0 saturated carbocycles. The number of para-hydroxylation sites is 2. The van der Waals surface area contributed by atoms with Crippen LogP contribution in [0.2, 0.25) is 0 Å². The fourth-order valence-electron chi connectivity index (χ4n) is 2.27. The predicted octanol–water partition coefficient (Wildman–Crippen LogP) is 3.59. The van der Waals surface area contributed by atoms with Crippen LogP contribution in [-0.4, -0.2) is 33.2 Å². The van der Waals surface area contributed by atoms with Gasteiger partial charge in [0.05, 0.1) is 12.3 Å². The van der Waals surface area contributed by atoms with Gasteiger partial charge in [0.1, 0.15) is 5.75 Å². The van der Waals surface area contributed by atoms with Crippen molar-refractivity contribution in [2.75, 3.05) is 42.8 Å². The molecule has 1 amide bonds. The molecule has 5 heteroatoms. The van der Waals surface area contributed by atoms with E-state index >= 15 is 0 Å². The first-order valence-electron chi connectivity index (χ1n) is 8.13. The quantitative estimate of drug-likeness (QED) is 0.778. The highest BCUT2D eigenvalue weighted by Crippen LogP contribution is 2.23. The molecule has 0 fully saturated rings. The number of hydrogen-bond acceptors (Lipinski definition) is 4. The summed E-state index contributed by atoms with van der Waals surface area (Å²) in [5, 5.41) is 6.15. The zero-order chi connectivity index (χ0) is 17.4. The molecule has 0 aliphatic heterocycles. The van der Waals surface area contributed by atoms with Gasteiger partial charge in [-0.25, -0.2) is 0 Å². The van der Waals surface area contributed by atoms with Crippen LogP contribution in [0.5, 0.6) is 5.75 Å². The van der Waals surface area contributed by atoms with Crippen molar-refractivity contribution in [2.45, 2.75) is 13.3 Å². The summed E-state index contributed by atoms with van der Waals surface area (Å²) in [6.45, 7) is 3.11. The number of amides is 1. The normalized spacial score (nSPS) is 10.1. The molecular formula is C19H25N3O2. The van der Waals surface area contributed by atoms with E-state index in [0.717, 1.165) is 22.8 Å². The first kappa shape index (κ1) is 17.7. The monoisotopic (exact) mass is 327 g/mol. The highest BCUT2D eigenvalue weighted by molar-refractivity contribution is 5.91. The lowest BCUT2D eigenvalue weighted by atomic mass is 10.2.